The third kappa shape index (κ3) is 3.11. The van der Waals surface area contributed by atoms with Gasteiger partial charge in [0.1, 0.15) is 0 Å². The summed E-state index contributed by atoms with van der Waals surface area (Å²) < 4.78 is 0. The summed E-state index contributed by atoms with van der Waals surface area (Å²) in [7, 11) is -0.617. The fourth-order valence-electron chi connectivity index (χ4n) is 1.77. The quantitative estimate of drug-likeness (QED) is 0.635. The number of benzene rings is 2. The lowest BCUT2D eigenvalue weighted by Gasteiger charge is -2.21. The highest BCUT2D eigenvalue weighted by Gasteiger charge is 2.12. The minimum atomic E-state index is -0.617. The van der Waals surface area contributed by atoms with Gasteiger partial charge in [-0.2, -0.15) is 10.9 Å². The molecule has 0 aromatic heterocycles. The van der Waals surface area contributed by atoms with Gasteiger partial charge in [0.15, 0.2) is 5.78 Å². The molecular weight excluding hydrogens is 240 g/mol. The predicted octanol–water partition coefficient (Wildman–Crippen LogP) is 3.86. The maximum atomic E-state index is 11.7. The van der Waals surface area contributed by atoms with Crippen molar-refractivity contribution < 1.29 is 4.79 Å². The van der Waals surface area contributed by atoms with Crippen molar-refractivity contribution in [1.82, 2.24) is 0 Å². The number of carbonyl (C=O) groups excluding carboxylic acids is 1. The molecule has 0 saturated carbocycles. The first kappa shape index (κ1) is 12.7. The van der Waals surface area contributed by atoms with Crippen LogP contribution in [-0.4, -0.2) is 11.5 Å². The van der Waals surface area contributed by atoms with Crippen LogP contribution in [0, 0.1) is 0 Å². The first-order chi connectivity index (χ1) is 8.81. The molecule has 0 saturated heterocycles. The van der Waals surface area contributed by atoms with Crippen molar-refractivity contribution in [2.45, 2.75) is 9.79 Å². The van der Waals surface area contributed by atoms with E-state index in [0.29, 0.717) is 5.75 Å². The van der Waals surface area contributed by atoms with Crippen LogP contribution in [0.2, 0.25) is 0 Å². The normalized spacial score (nSPS) is 10.8. The molecule has 2 rings (SSSR count). The number of thiol groups is 1. The summed E-state index contributed by atoms with van der Waals surface area (Å²) in [6, 6.07) is 20.4. The highest BCUT2D eigenvalue weighted by atomic mass is 32.2. The van der Waals surface area contributed by atoms with E-state index < -0.39 is 10.9 Å². The Morgan fingerprint density at radius 1 is 0.944 bits per heavy atom. The zero-order chi connectivity index (χ0) is 12.8. The van der Waals surface area contributed by atoms with Crippen LogP contribution in [0.4, 0.5) is 0 Å². The van der Waals surface area contributed by atoms with E-state index in [1.165, 1.54) is 15.9 Å². The predicted molar refractivity (Wildman–Crippen MR) is 78.5 cm³/mol. The Morgan fingerprint density at radius 2 is 1.39 bits per heavy atom. The van der Waals surface area contributed by atoms with E-state index >= 15 is 0 Å². The van der Waals surface area contributed by atoms with Gasteiger partial charge < -0.3 is 0 Å². The molecule has 0 bridgehead atoms. The number of ketones is 1. The summed E-state index contributed by atoms with van der Waals surface area (Å²) in [6.07, 6.45) is 1.42. The maximum absolute atomic E-state index is 11.7. The first-order valence-corrected chi connectivity index (χ1v) is 7.37. The molecule has 0 fully saturated rings. The highest BCUT2D eigenvalue weighted by Crippen LogP contribution is 2.43. The van der Waals surface area contributed by atoms with Crippen molar-refractivity contribution in [3.63, 3.8) is 0 Å². The van der Waals surface area contributed by atoms with Crippen molar-refractivity contribution in [3.8, 4) is 0 Å². The van der Waals surface area contributed by atoms with Gasteiger partial charge in [-0.05, 0) is 40.1 Å². The minimum absolute atomic E-state index is 0.105. The topological polar surface area (TPSA) is 17.1 Å². The van der Waals surface area contributed by atoms with E-state index in [9.17, 15) is 4.79 Å². The van der Waals surface area contributed by atoms with Gasteiger partial charge in [-0.3, -0.25) is 4.79 Å². The largest absolute Gasteiger partial charge is 0.294 e. The van der Waals surface area contributed by atoms with E-state index in [0.717, 1.165) is 0 Å². The molecule has 1 nitrogen and oxygen atoms in total. The Balaban J connectivity index is 2.35. The Kier molecular flexibility index (Phi) is 4.37. The Hall–Kier alpha value is -1.80. The average Bonchev–Trinajstić information content (AvgIpc) is 2.46. The number of hydrogen-bond donors (Lipinski definition) is 1. The van der Waals surface area contributed by atoms with Crippen molar-refractivity contribution in [2.24, 2.45) is 0 Å². The molecule has 0 unspecified atom stereocenters. The SMILES string of the molecule is C=CC(=O)C[SH](c1ccccc1)c1ccccc1. The lowest BCUT2D eigenvalue weighted by molar-refractivity contribution is -0.112. The monoisotopic (exact) mass is 256 g/mol. The molecule has 0 aliphatic carbocycles. The van der Waals surface area contributed by atoms with Crippen molar-refractivity contribution in [3.05, 3.63) is 73.3 Å². The molecule has 0 aliphatic rings. The van der Waals surface area contributed by atoms with Gasteiger partial charge in [0.2, 0.25) is 0 Å². The zero-order valence-corrected chi connectivity index (χ0v) is 11.0. The number of rotatable bonds is 5. The molecular formula is C16H16OS. The van der Waals surface area contributed by atoms with Crippen LogP contribution in [0.5, 0.6) is 0 Å². The maximum Gasteiger partial charge on any atom is 0.163 e. The Labute approximate surface area is 111 Å². The van der Waals surface area contributed by atoms with E-state index in [2.05, 4.69) is 30.8 Å². The molecule has 0 heterocycles. The smallest absolute Gasteiger partial charge is 0.163 e. The van der Waals surface area contributed by atoms with Crippen molar-refractivity contribution >= 4 is 16.7 Å². The highest BCUT2D eigenvalue weighted by molar-refractivity contribution is 8.17. The van der Waals surface area contributed by atoms with Gasteiger partial charge in [0, 0.05) is 5.75 Å². The van der Waals surface area contributed by atoms with Crippen LogP contribution >= 0.6 is 10.9 Å². The molecule has 18 heavy (non-hydrogen) atoms. The van der Waals surface area contributed by atoms with Crippen LogP contribution in [0.3, 0.4) is 0 Å². The van der Waals surface area contributed by atoms with Gasteiger partial charge in [0.25, 0.3) is 0 Å². The molecule has 92 valence electrons. The van der Waals surface area contributed by atoms with Crippen molar-refractivity contribution in [2.75, 3.05) is 5.75 Å². The summed E-state index contributed by atoms with van der Waals surface area (Å²) in [5, 5.41) is 0. The molecule has 2 aromatic rings. The van der Waals surface area contributed by atoms with E-state index in [1.807, 2.05) is 36.4 Å². The molecule has 0 aliphatic heterocycles. The second-order valence-corrected chi connectivity index (χ2v) is 6.13. The molecule has 0 N–H and O–H groups in total. The number of allylic oxidation sites excluding steroid dienone is 1. The summed E-state index contributed by atoms with van der Waals surface area (Å²) in [5.74, 6) is 0.640. The van der Waals surface area contributed by atoms with E-state index in [1.54, 1.807) is 0 Å². The minimum Gasteiger partial charge on any atom is -0.294 e. The van der Waals surface area contributed by atoms with E-state index in [4.69, 9.17) is 0 Å². The van der Waals surface area contributed by atoms with Gasteiger partial charge in [-0.25, -0.2) is 0 Å². The molecule has 0 amide bonds. The first-order valence-electron chi connectivity index (χ1n) is 5.84. The summed E-state index contributed by atoms with van der Waals surface area (Å²) >= 11 is 0. The Bertz CT molecular complexity index is 480. The lowest BCUT2D eigenvalue weighted by Crippen LogP contribution is -2.02. The number of carbonyl (C=O) groups is 1. The van der Waals surface area contributed by atoms with Gasteiger partial charge in [0.05, 0.1) is 0 Å². The molecule has 0 radical (unpaired) electrons. The zero-order valence-electron chi connectivity index (χ0n) is 10.1. The fraction of sp³-hybridized carbons (Fsp3) is 0.0625. The molecule has 2 aromatic carbocycles. The van der Waals surface area contributed by atoms with Gasteiger partial charge >= 0.3 is 0 Å². The van der Waals surface area contributed by atoms with Crippen LogP contribution in [0.1, 0.15) is 0 Å². The lowest BCUT2D eigenvalue weighted by atomic mass is 10.4. The second kappa shape index (κ2) is 6.22. The van der Waals surface area contributed by atoms with Gasteiger partial charge in [-0.15, -0.1) is 0 Å². The van der Waals surface area contributed by atoms with Crippen molar-refractivity contribution in [1.29, 1.82) is 0 Å². The fourth-order valence-corrected chi connectivity index (χ4v) is 3.94. The standard InChI is InChI=1S/C16H16OS/c1-2-14(17)13-18(15-9-5-3-6-10-15)16-11-7-4-8-12-16/h2-12,18H,1,13H2. The molecule has 0 atom stereocenters. The third-order valence-electron chi connectivity index (χ3n) is 2.68. The second-order valence-electron chi connectivity index (χ2n) is 3.93. The third-order valence-corrected chi connectivity index (χ3v) is 5.15. The van der Waals surface area contributed by atoms with E-state index in [-0.39, 0.29) is 5.78 Å². The summed E-state index contributed by atoms with van der Waals surface area (Å²) in [5.41, 5.74) is 0. The molecule has 2 heteroatoms. The van der Waals surface area contributed by atoms with Gasteiger partial charge in [-0.1, -0.05) is 43.0 Å². The summed E-state index contributed by atoms with van der Waals surface area (Å²) in [4.78, 5) is 14.1. The van der Waals surface area contributed by atoms with Crippen LogP contribution < -0.4 is 0 Å². The molecule has 0 spiro atoms. The Morgan fingerprint density at radius 3 is 1.78 bits per heavy atom. The van der Waals surface area contributed by atoms with Crippen LogP contribution in [-0.2, 0) is 4.79 Å². The van der Waals surface area contributed by atoms with Crippen LogP contribution in [0.25, 0.3) is 0 Å². The number of hydrogen-bond acceptors (Lipinski definition) is 1. The summed E-state index contributed by atoms with van der Waals surface area (Å²) in [6.45, 7) is 3.56. The average molecular weight is 256 g/mol. The van der Waals surface area contributed by atoms with Crippen LogP contribution in [0.15, 0.2) is 83.1 Å².